The van der Waals surface area contributed by atoms with Crippen molar-refractivity contribution in [2.75, 3.05) is 5.75 Å². The third kappa shape index (κ3) is 4.73. The summed E-state index contributed by atoms with van der Waals surface area (Å²) in [5.41, 5.74) is 2.19. The minimum absolute atomic E-state index is 0.216. The van der Waals surface area contributed by atoms with Crippen LogP contribution in [0.15, 0.2) is 53.4 Å². The van der Waals surface area contributed by atoms with Crippen LogP contribution in [0.25, 0.3) is 0 Å². The molecule has 2 aromatic carbocycles. The van der Waals surface area contributed by atoms with E-state index in [2.05, 4.69) is 19.1 Å². The quantitative estimate of drug-likeness (QED) is 0.751. The van der Waals surface area contributed by atoms with E-state index in [0.29, 0.717) is 17.2 Å². The highest BCUT2D eigenvalue weighted by Gasteiger charge is 2.05. The van der Waals surface area contributed by atoms with Crippen molar-refractivity contribution in [3.8, 4) is 0 Å². The average molecular weight is 291 g/mol. The molecule has 2 aromatic rings. The van der Waals surface area contributed by atoms with E-state index < -0.39 is 0 Å². The van der Waals surface area contributed by atoms with Gasteiger partial charge in [0, 0.05) is 16.3 Å². The summed E-state index contributed by atoms with van der Waals surface area (Å²) < 4.78 is 0. The number of thioether (sulfide) groups is 1. The number of ketones is 1. The SMILES string of the molecule is Cc1cccc(SCC(=O)Cc2cccc(Cl)c2)c1. The molecule has 0 saturated carbocycles. The van der Waals surface area contributed by atoms with E-state index in [4.69, 9.17) is 11.6 Å². The maximum Gasteiger partial charge on any atom is 0.147 e. The Kier molecular flexibility index (Phi) is 5.06. The zero-order valence-corrected chi connectivity index (χ0v) is 12.3. The van der Waals surface area contributed by atoms with Crippen LogP contribution in [0, 0.1) is 6.92 Å². The van der Waals surface area contributed by atoms with E-state index in [1.807, 2.05) is 36.4 Å². The molecule has 1 nitrogen and oxygen atoms in total. The maximum absolute atomic E-state index is 11.9. The molecular formula is C16H15ClOS. The second kappa shape index (κ2) is 6.78. The van der Waals surface area contributed by atoms with Crippen LogP contribution in [0.5, 0.6) is 0 Å². The topological polar surface area (TPSA) is 17.1 Å². The fraction of sp³-hybridized carbons (Fsp3) is 0.188. The van der Waals surface area contributed by atoms with Gasteiger partial charge in [0.15, 0.2) is 0 Å². The molecule has 2 rings (SSSR count). The zero-order chi connectivity index (χ0) is 13.7. The second-order valence-corrected chi connectivity index (χ2v) is 5.94. The molecule has 0 unspecified atom stereocenters. The van der Waals surface area contributed by atoms with Gasteiger partial charge in [-0.25, -0.2) is 0 Å². The fourth-order valence-corrected chi connectivity index (χ4v) is 2.88. The monoisotopic (exact) mass is 290 g/mol. The summed E-state index contributed by atoms with van der Waals surface area (Å²) in [6.45, 7) is 2.05. The van der Waals surface area contributed by atoms with Crippen LogP contribution in [0.2, 0.25) is 5.02 Å². The third-order valence-corrected chi connectivity index (χ3v) is 3.97. The fourth-order valence-electron chi connectivity index (χ4n) is 1.79. The molecule has 0 fully saturated rings. The smallest absolute Gasteiger partial charge is 0.147 e. The van der Waals surface area contributed by atoms with E-state index >= 15 is 0 Å². The van der Waals surface area contributed by atoms with Crippen LogP contribution in [0.4, 0.5) is 0 Å². The molecule has 3 heteroatoms. The van der Waals surface area contributed by atoms with E-state index in [-0.39, 0.29) is 5.78 Å². The Bertz CT molecular complexity index is 580. The van der Waals surface area contributed by atoms with E-state index in [1.54, 1.807) is 11.8 Å². The molecule has 0 heterocycles. The Morgan fingerprint density at radius 3 is 2.68 bits per heavy atom. The van der Waals surface area contributed by atoms with Crippen LogP contribution in [0.1, 0.15) is 11.1 Å². The van der Waals surface area contributed by atoms with Crippen LogP contribution >= 0.6 is 23.4 Å². The maximum atomic E-state index is 11.9. The molecule has 0 atom stereocenters. The Labute approximate surface area is 123 Å². The standard InChI is InChI=1S/C16H15ClOS/c1-12-4-2-7-16(8-12)19-11-15(18)10-13-5-3-6-14(17)9-13/h2-9H,10-11H2,1H3. The second-order valence-electron chi connectivity index (χ2n) is 4.45. The first-order valence-corrected chi connectivity index (χ1v) is 7.45. The molecular weight excluding hydrogens is 276 g/mol. The number of hydrogen-bond acceptors (Lipinski definition) is 2. The number of rotatable bonds is 5. The Balaban J connectivity index is 1.88. The Hall–Kier alpha value is -1.25. The van der Waals surface area contributed by atoms with Crippen molar-refractivity contribution in [3.05, 3.63) is 64.7 Å². The number of benzene rings is 2. The van der Waals surface area contributed by atoms with Gasteiger partial charge in [-0.2, -0.15) is 0 Å². The lowest BCUT2D eigenvalue weighted by atomic mass is 10.1. The van der Waals surface area contributed by atoms with Gasteiger partial charge in [0.1, 0.15) is 5.78 Å². The van der Waals surface area contributed by atoms with Crippen molar-refractivity contribution in [2.24, 2.45) is 0 Å². The lowest BCUT2D eigenvalue weighted by Gasteiger charge is -2.03. The van der Waals surface area contributed by atoms with Gasteiger partial charge in [-0.3, -0.25) is 4.79 Å². The third-order valence-electron chi connectivity index (χ3n) is 2.68. The van der Waals surface area contributed by atoms with Crippen molar-refractivity contribution in [1.29, 1.82) is 0 Å². The van der Waals surface area contributed by atoms with Crippen LogP contribution < -0.4 is 0 Å². The number of halogens is 1. The van der Waals surface area contributed by atoms with Gasteiger partial charge in [-0.05, 0) is 36.8 Å². The molecule has 0 aromatic heterocycles. The predicted molar refractivity (Wildman–Crippen MR) is 82.1 cm³/mol. The highest BCUT2D eigenvalue weighted by atomic mass is 35.5. The number of carbonyl (C=O) groups excluding carboxylic acids is 1. The summed E-state index contributed by atoms with van der Waals surface area (Å²) in [5, 5.41) is 0.677. The molecule has 0 spiro atoms. The molecule has 0 radical (unpaired) electrons. The van der Waals surface area contributed by atoms with Gasteiger partial charge >= 0.3 is 0 Å². The summed E-state index contributed by atoms with van der Waals surface area (Å²) in [6, 6.07) is 15.7. The largest absolute Gasteiger partial charge is 0.298 e. The van der Waals surface area contributed by atoms with Gasteiger partial charge in [-0.1, -0.05) is 41.4 Å². The number of carbonyl (C=O) groups is 1. The zero-order valence-electron chi connectivity index (χ0n) is 10.7. The number of aryl methyl sites for hydroxylation is 1. The number of hydrogen-bond donors (Lipinski definition) is 0. The van der Waals surface area contributed by atoms with Crippen molar-refractivity contribution < 1.29 is 4.79 Å². The van der Waals surface area contributed by atoms with E-state index in [0.717, 1.165) is 10.5 Å². The summed E-state index contributed by atoms with van der Waals surface area (Å²) >= 11 is 7.49. The molecule has 0 aliphatic heterocycles. The Morgan fingerprint density at radius 2 is 1.95 bits per heavy atom. The average Bonchev–Trinajstić information content (AvgIpc) is 2.36. The summed E-state index contributed by atoms with van der Waals surface area (Å²) in [5.74, 6) is 0.712. The summed E-state index contributed by atoms with van der Waals surface area (Å²) in [7, 11) is 0. The van der Waals surface area contributed by atoms with E-state index in [9.17, 15) is 4.79 Å². The van der Waals surface area contributed by atoms with E-state index in [1.165, 1.54) is 5.56 Å². The minimum Gasteiger partial charge on any atom is -0.298 e. The van der Waals surface area contributed by atoms with Crippen LogP contribution in [0.3, 0.4) is 0 Å². The predicted octanol–water partition coefficient (Wildman–Crippen LogP) is 4.55. The van der Waals surface area contributed by atoms with Crippen molar-refractivity contribution in [1.82, 2.24) is 0 Å². The summed E-state index contributed by atoms with van der Waals surface area (Å²) in [6.07, 6.45) is 0.444. The number of Topliss-reactive ketones (excluding diaryl/α,β-unsaturated/α-hetero) is 1. The normalized spacial score (nSPS) is 10.4. The van der Waals surface area contributed by atoms with Gasteiger partial charge in [0.05, 0.1) is 5.75 Å². The molecule has 0 bridgehead atoms. The van der Waals surface area contributed by atoms with Crippen molar-refractivity contribution >= 4 is 29.1 Å². The van der Waals surface area contributed by atoms with Crippen LogP contribution in [-0.4, -0.2) is 11.5 Å². The molecule has 0 aliphatic rings. The molecule has 0 aliphatic carbocycles. The lowest BCUT2D eigenvalue weighted by molar-refractivity contribution is -0.116. The Morgan fingerprint density at radius 1 is 1.16 bits per heavy atom. The molecule has 0 N–H and O–H groups in total. The first-order valence-electron chi connectivity index (χ1n) is 6.09. The minimum atomic E-state index is 0.216. The first kappa shape index (κ1) is 14.2. The van der Waals surface area contributed by atoms with Gasteiger partial charge < -0.3 is 0 Å². The highest BCUT2D eigenvalue weighted by Crippen LogP contribution is 2.19. The molecule has 0 saturated heterocycles. The lowest BCUT2D eigenvalue weighted by Crippen LogP contribution is -2.05. The summed E-state index contributed by atoms with van der Waals surface area (Å²) in [4.78, 5) is 13.1. The molecule has 98 valence electrons. The van der Waals surface area contributed by atoms with Gasteiger partial charge in [-0.15, -0.1) is 11.8 Å². The van der Waals surface area contributed by atoms with Crippen molar-refractivity contribution in [3.63, 3.8) is 0 Å². The van der Waals surface area contributed by atoms with Crippen LogP contribution in [-0.2, 0) is 11.2 Å². The van der Waals surface area contributed by atoms with Gasteiger partial charge in [0.25, 0.3) is 0 Å². The van der Waals surface area contributed by atoms with Gasteiger partial charge in [0.2, 0.25) is 0 Å². The molecule has 0 amide bonds. The molecule has 19 heavy (non-hydrogen) atoms. The highest BCUT2D eigenvalue weighted by molar-refractivity contribution is 8.00. The van der Waals surface area contributed by atoms with Crippen molar-refractivity contribution in [2.45, 2.75) is 18.2 Å². The first-order chi connectivity index (χ1) is 9.13.